The van der Waals surface area contributed by atoms with Gasteiger partial charge in [0.2, 0.25) is 0 Å². The first kappa shape index (κ1) is 19.5. The number of anilines is 1. The molecular formula is C25H23N3O2. The first-order chi connectivity index (χ1) is 14.7. The van der Waals surface area contributed by atoms with Gasteiger partial charge in [0, 0.05) is 11.3 Å². The zero-order valence-electron chi connectivity index (χ0n) is 16.9. The molecule has 4 aromatic rings. The predicted octanol–water partition coefficient (Wildman–Crippen LogP) is 4.95. The molecule has 0 spiro atoms. The van der Waals surface area contributed by atoms with Crippen molar-refractivity contribution >= 4 is 39.4 Å². The molecule has 0 saturated carbocycles. The van der Waals surface area contributed by atoms with Crippen molar-refractivity contribution in [2.24, 2.45) is 5.10 Å². The van der Waals surface area contributed by atoms with Gasteiger partial charge in [0.1, 0.15) is 11.8 Å². The zero-order chi connectivity index (χ0) is 20.9. The molecule has 0 bridgehead atoms. The zero-order valence-corrected chi connectivity index (χ0v) is 16.9. The molecule has 150 valence electrons. The molecule has 5 nitrogen and oxygen atoms in total. The molecule has 2 N–H and O–H groups in total. The molecule has 0 aromatic heterocycles. The Balaban J connectivity index is 1.52. The highest BCUT2D eigenvalue weighted by Gasteiger charge is 2.12. The molecule has 0 aliphatic carbocycles. The standard InChI is InChI=1S/C25H23N3O2/c1-17(27-20-11-13-21(30-2)14-12-20)25(29)28-26-16-24-22-9-5-3-7-18(22)15-19-8-4-6-10-23(19)24/h3-17,27H,1-2H3,(H,28,29)/b26-16-/t17-/m0/s1. The number of hydrogen-bond acceptors (Lipinski definition) is 4. The van der Waals surface area contributed by atoms with E-state index in [0.29, 0.717) is 0 Å². The smallest absolute Gasteiger partial charge is 0.262 e. The molecule has 0 saturated heterocycles. The number of carbonyl (C=O) groups is 1. The summed E-state index contributed by atoms with van der Waals surface area (Å²) in [4.78, 5) is 12.5. The van der Waals surface area contributed by atoms with Gasteiger partial charge in [0.25, 0.3) is 5.91 Å². The number of ether oxygens (including phenoxy) is 1. The van der Waals surface area contributed by atoms with Gasteiger partial charge in [-0.3, -0.25) is 4.79 Å². The van der Waals surface area contributed by atoms with Gasteiger partial charge in [0.15, 0.2) is 0 Å². The van der Waals surface area contributed by atoms with Crippen LogP contribution in [0.1, 0.15) is 12.5 Å². The van der Waals surface area contributed by atoms with Crippen molar-refractivity contribution in [2.45, 2.75) is 13.0 Å². The van der Waals surface area contributed by atoms with Crippen molar-refractivity contribution in [3.05, 3.63) is 84.4 Å². The van der Waals surface area contributed by atoms with Crippen LogP contribution >= 0.6 is 0 Å². The number of carbonyl (C=O) groups excluding carboxylic acids is 1. The third-order valence-electron chi connectivity index (χ3n) is 5.05. The Bertz CT molecular complexity index is 1160. The molecule has 5 heteroatoms. The van der Waals surface area contributed by atoms with E-state index in [-0.39, 0.29) is 5.91 Å². The Kier molecular flexibility index (Phi) is 5.61. The summed E-state index contributed by atoms with van der Waals surface area (Å²) in [5.74, 6) is 0.552. The molecule has 0 fully saturated rings. The number of amides is 1. The summed E-state index contributed by atoms with van der Waals surface area (Å²) < 4.78 is 5.15. The lowest BCUT2D eigenvalue weighted by Crippen LogP contribution is -2.34. The second-order valence-electron chi connectivity index (χ2n) is 7.06. The third kappa shape index (κ3) is 4.10. The molecule has 0 radical (unpaired) electrons. The van der Waals surface area contributed by atoms with Crippen LogP contribution in [-0.2, 0) is 4.79 Å². The van der Waals surface area contributed by atoms with Crippen LogP contribution < -0.4 is 15.5 Å². The fourth-order valence-electron chi connectivity index (χ4n) is 3.45. The average Bonchev–Trinajstić information content (AvgIpc) is 2.79. The summed E-state index contributed by atoms with van der Waals surface area (Å²) in [7, 11) is 1.62. The highest BCUT2D eigenvalue weighted by molar-refractivity contribution is 6.13. The van der Waals surface area contributed by atoms with Crippen LogP contribution in [0, 0.1) is 0 Å². The number of hydrogen-bond donors (Lipinski definition) is 2. The lowest BCUT2D eigenvalue weighted by Gasteiger charge is -2.14. The molecule has 4 aromatic carbocycles. The van der Waals surface area contributed by atoms with Gasteiger partial charge < -0.3 is 10.1 Å². The van der Waals surface area contributed by atoms with E-state index >= 15 is 0 Å². The van der Waals surface area contributed by atoms with Crippen LogP contribution in [0.4, 0.5) is 5.69 Å². The van der Waals surface area contributed by atoms with Gasteiger partial charge in [-0.25, -0.2) is 5.43 Å². The SMILES string of the molecule is COc1ccc(N[C@@H](C)C(=O)N/N=C\c2c3ccccc3cc3ccccc23)cc1. The maximum atomic E-state index is 12.5. The summed E-state index contributed by atoms with van der Waals surface area (Å²) in [6.45, 7) is 1.79. The second kappa shape index (κ2) is 8.66. The van der Waals surface area contributed by atoms with E-state index in [9.17, 15) is 4.79 Å². The Hall–Kier alpha value is -3.86. The number of fused-ring (bicyclic) bond motifs is 2. The lowest BCUT2D eigenvalue weighted by molar-refractivity contribution is -0.121. The first-order valence-electron chi connectivity index (χ1n) is 9.80. The summed E-state index contributed by atoms with van der Waals surface area (Å²) in [6.07, 6.45) is 1.72. The molecule has 0 aliphatic heterocycles. The number of nitrogens with one attached hydrogen (secondary N) is 2. The number of nitrogens with zero attached hydrogens (tertiary/aromatic N) is 1. The Labute approximate surface area is 175 Å². The van der Waals surface area contributed by atoms with Crippen LogP contribution in [0.5, 0.6) is 5.75 Å². The number of benzene rings is 4. The molecule has 30 heavy (non-hydrogen) atoms. The molecule has 0 heterocycles. The number of methoxy groups -OCH3 is 1. The summed E-state index contributed by atoms with van der Waals surface area (Å²) in [5, 5.41) is 11.9. The minimum atomic E-state index is -0.445. The van der Waals surface area contributed by atoms with Crippen molar-refractivity contribution in [3.63, 3.8) is 0 Å². The minimum absolute atomic E-state index is 0.216. The second-order valence-corrected chi connectivity index (χ2v) is 7.06. The largest absolute Gasteiger partial charge is 0.497 e. The Morgan fingerprint density at radius 3 is 2.13 bits per heavy atom. The van der Waals surface area contributed by atoms with Crippen molar-refractivity contribution in [3.8, 4) is 5.75 Å². The van der Waals surface area contributed by atoms with Crippen LogP contribution in [0.2, 0.25) is 0 Å². The topological polar surface area (TPSA) is 62.7 Å². The van der Waals surface area contributed by atoms with Gasteiger partial charge in [-0.1, -0.05) is 48.5 Å². The van der Waals surface area contributed by atoms with Gasteiger partial charge in [-0.2, -0.15) is 5.10 Å². The molecule has 0 unspecified atom stereocenters. The van der Waals surface area contributed by atoms with Gasteiger partial charge >= 0.3 is 0 Å². The fourth-order valence-corrected chi connectivity index (χ4v) is 3.45. The van der Waals surface area contributed by atoms with Crippen LogP contribution in [-0.4, -0.2) is 25.3 Å². The number of rotatable bonds is 6. The lowest BCUT2D eigenvalue weighted by atomic mass is 9.97. The first-order valence-corrected chi connectivity index (χ1v) is 9.80. The van der Waals surface area contributed by atoms with Crippen LogP contribution in [0.3, 0.4) is 0 Å². The van der Waals surface area contributed by atoms with Gasteiger partial charge in [0.05, 0.1) is 13.3 Å². The van der Waals surface area contributed by atoms with Crippen molar-refractivity contribution < 1.29 is 9.53 Å². The highest BCUT2D eigenvalue weighted by atomic mass is 16.5. The van der Waals surface area contributed by atoms with E-state index in [1.165, 1.54) is 0 Å². The monoisotopic (exact) mass is 397 g/mol. The maximum Gasteiger partial charge on any atom is 0.262 e. The molecule has 1 amide bonds. The highest BCUT2D eigenvalue weighted by Crippen LogP contribution is 2.27. The average molecular weight is 397 g/mol. The van der Waals surface area contributed by atoms with Gasteiger partial charge in [-0.05, 0) is 58.8 Å². The van der Waals surface area contributed by atoms with E-state index < -0.39 is 6.04 Å². The van der Waals surface area contributed by atoms with E-state index in [1.54, 1.807) is 20.2 Å². The minimum Gasteiger partial charge on any atom is -0.497 e. The van der Waals surface area contributed by atoms with E-state index in [4.69, 9.17) is 4.74 Å². The molecular weight excluding hydrogens is 374 g/mol. The predicted molar refractivity (Wildman–Crippen MR) is 123 cm³/mol. The van der Waals surface area contributed by atoms with Gasteiger partial charge in [-0.15, -0.1) is 0 Å². The summed E-state index contributed by atoms with van der Waals surface area (Å²) >= 11 is 0. The van der Waals surface area contributed by atoms with Crippen LogP contribution in [0.15, 0.2) is 84.0 Å². The normalized spacial score (nSPS) is 12.2. The summed E-state index contributed by atoms with van der Waals surface area (Å²) in [5.41, 5.74) is 4.47. The van der Waals surface area contributed by atoms with E-state index in [1.807, 2.05) is 48.5 Å². The van der Waals surface area contributed by atoms with E-state index in [0.717, 1.165) is 38.5 Å². The summed E-state index contributed by atoms with van der Waals surface area (Å²) in [6, 6.07) is 25.5. The quantitative estimate of drug-likeness (QED) is 0.275. The van der Waals surface area contributed by atoms with Crippen LogP contribution in [0.25, 0.3) is 21.5 Å². The third-order valence-corrected chi connectivity index (χ3v) is 5.05. The van der Waals surface area contributed by atoms with Crippen molar-refractivity contribution in [1.82, 2.24) is 5.43 Å². The Morgan fingerprint density at radius 2 is 1.53 bits per heavy atom. The van der Waals surface area contributed by atoms with Crippen molar-refractivity contribution in [1.29, 1.82) is 0 Å². The maximum absolute atomic E-state index is 12.5. The molecule has 1 atom stereocenters. The van der Waals surface area contributed by atoms with Crippen molar-refractivity contribution in [2.75, 3.05) is 12.4 Å². The molecule has 0 aliphatic rings. The van der Waals surface area contributed by atoms with E-state index in [2.05, 4.69) is 46.2 Å². The fraction of sp³-hybridized carbons (Fsp3) is 0.120. The Morgan fingerprint density at radius 1 is 0.933 bits per heavy atom. The molecule has 4 rings (SSSR count). The number of hydrazone groups is 1.